The van der Waals surface area contributed by atoms with Crippen molar-refractivity contribution < 1.29 is 13.9 Å². The Morgan fingerprint density at radius 2 is 2.05 bits per heavy atom. The second-order valence-electron chi connectivity index (χ2n) is 7.72. The number of nitriles is 1. The molecule has 1 rings (SSSR count). The fourth-order valence-corrected chi connectivity index (χ4v) is 3.56. The molecule has 0 unspecified atom stereocenters. The van der Waals surface area contributed by atoms with Gasteiger partial charge in [0.15, 0.2) is 14.1 Å². The van der Waals surface area contributed by atoms with E-state index >= 15 is 0 Å². The molecule has 4 nitrogen and oxygen atoms in total. The normalized spacial score (nSPS) is 28.9. The SMILES string of the molecule is C=C[C@]1(SC#N)COC(C)(C)O[C@@H]1CO[Si](C)(C)C(C)(C)C. The summed E-state index contributed by atoms with van der Waals surface area (Å²) in [5, 5.41) is 11.4. The van der Waals surface area contributed by atoms with Crippen LogP contribution in [0.25, 0.3) is 0 Å². The Balaban J connectivity index is 2.95. The summed E-state index contributed by atoms with van der Waals surface area (Å²) in [6.07, 6.45) is 1.50. The van der Waals surface area contributed by atoms with Crippen molar-refractivity contribution in [3.05, 3.63) is 12.7 Å². The highest BCUT2D eigenvalue weighted by Crippen LogP contribution is 2.41. The Bertz CT molecular complexity index is 453. The van der Waals surface area contributed by atoms with Gasteiger partial charge in [-0.05, 0) is 43.7 Å². The summed E-state index contributed by atoms with van der Waals surface area (Å²) in [5.74, 6) is -0.677. The molecule has 0 amide bonds. The molecule has 1 aliphatic heterocycles. The lowest BCUT2D eigenvalue weighted by Gasteiger charge is -2.47. The smallest absolute Gasteiger partial charge is 0.192 e. The minimum Gasteiger partial charge on any atom is -0.414 e. The largest absolute Gasteiger partial charge is 0.414 e. The van der Waals surface area contributed by atoms with Crippen molar-refractivity contribution >= 4 is 20.1 Å². The minimum absolute atomic E-state index is 0.132. The molecule has 0 aromatic carbocycles. The first-order chi connectivity index (χ1) is 9.89. The van der Waals surface area contributed by atoms with Crippen molar-refractivity contribution in [1.29, 1.82) is 5.26 Å². The average Bonchev–Trinajstić information content (AvgIpc) is 2.38. The molecule has 0 radical (unpaired) electrons. The van der Waals surface area contributed by atoms with Gasteiger partial charge in [0.2, 0.25) is 0 Å². The van der Waals surface area contributed by atoms with Crippen LogP contribution in [0.1, 0.15) is 34.6 Å². The van der Waals surface area contributed by atoms with Gasteiger partial charge >= 0.3 is 0 Å². The van der Waals surface area contributed by atoms with Gasteiger partial charge in [-0.2, -0.15) is 5.26 Å². The number of thiocyanates is 1. The highest BCUT2D eigenvalue weighted by Gasteiger charge is 2.48. The molecule has 1 saturated heterocycles. The van der Waals surface area contributed by atoms with Gasteiger partial charge in [0.05, 0.1) is 18.0 Å². The first kappa shape index (κ1) is 19.7. The van der Waals surface area contributed by atoms with E-state index in [1.54, 1.807) is 6.08 Å². The summed E-state index contributed by atoms with van der Waals surface area (Å²) in [6.45, 7) is 19.6. The second kappa shape index (κ2) is 6.66. The van der Waals surface area contributed by atoms with Crippen LogP contribution in [-0.4, -0.2) is 38.2 Å². The molecule has 1 fully saturated rings. The maximum Gasteiger partial charge on any atom is 0.192 e. The summed E-state index contributed by atoms with van der Waals surface area (Å²) in [6, 6.07) is 0. The number of rotatable bonds is 5. The molecule has 6 heteroatoms. The highest BCUT2D eigenvalue weighted by molar-refractivity contribution is 8.05. The van der Waals surface area contributed by atoms with Crippen molar-refractivity contribution in [2.24, 2.45) is 0 Å². The third-order valence-electron chi connectivity index (χ3n) is 4.60. The molecule has 0 bridgehead atoms. The lowest BCUT2D eigenvalue weighted by molar-refractivity contribution is -0.283. The predicted molar refractivity (Wildman–Crippen MR) is 94.2 cm³/mol. The van der Waals surface area contributed by atoms with E-state index in [1.807, 2.05) is 13.8 Å². The van der Waals surface area contributed by atoms with Gasteiger partial charge < -0.3 is 13.9 Å². The standard InChI is InChI=1S/C16H29NO3SSi/c1-9-16(21-12-17)11-18-15(5,6)20-13(16)10-19-22(7,8)14(2,3)4/h9,13H,1,10-11H2,2-8H3/t13-,16+/m1/s1. The summed E-state index contributed by atoms with van der Waals surface area (Å²) in [7, 11) is -1.88. The molecule has 0 aromatic heterocycles. The van der Waals surface area contributed by atoms with Gasteiger partial charge in [-0.3, -0.25) is 0 Å². The molecule has 126 valence electrons. The average molecular weight is 344 g/mol. The number of ether oxygens (including phenoxy) is 2. The molecule has 1 heterocycles. The fraction of sp³-hybridized carbons (Fsp3) is 0.812. The zero-order chi connectivity index (χ0) is 17.2. The highest BCUT2D eigenvalue weighted by atomic mass is 32.2. The Morgan fingerprint density at radius 1 is 1.45 bits per heavy atom. The molecule has 0 aliphatic carbocycles. The van der Waals surface area contributed by atoms with E-state index in [4.69, 9.17) is 19.2 Å². The first-order valence-corrected chi connectivity index (χ1v) is 11.3. The molecule has 2 atom stereocenters. The van der Waals surface area contributed by atoms with Crippen molar-refractivity contribution in [3.8, 4) is 5.40 Å². The van der Waals surface area contributed by atoms with E-state index in [2.05, 4.69) is 45.8 Å². The Labute approximate surface area is 140 Å². The van der Waals surface area contributed by atoms with Crippen LogP contribution >= 0.6 is 11.8 Å². The molecule has 0 saturated carbocycles. The van der Waals surface area contributed by atoms with Gasteiger partial charge in [-0.25, -0.2) is 0 Å². The van der Waals surface area contributed by atoms with Crippen LogP contribution in [0, 0.1) is 10.7 Å². The maximum absolute atomic E-state index is 9.14. The van der Waals surface area contributed by atoms with Crippen LogP contribution in [-0.2, 0) is 13.9 Å². The zero-order valence-electron chi connectivity index (χ0n) is 14.9. The second-order valence-corrected chi connectivity index (χ2v) is 13.7. The summed E-state index contributed by atoms with van der Waals surface area (Å²) in [4.78, 5) is 0. The van der Waals surface area contributed by atoms with Crippen molar-refractivity contribution in [2.75, 3.05) is 13.2 Å². The maximum atomic E-state index is 9.14. The van der Waals surface area contributed by atoms with E-state index in [9.17, 15) is 0 Å². The van der Waals surface area contributed by atoms with Crippen LogP contribution in [0.15, 0.2) is 12.7 Å². The predicted octanol–water partition coefficient (Wildman–Crippen LogP) is 4.30. The molecule has 0 spiro atoms. The lowest BCUT2D eigenvalue weighted by Crippen LogP contribution is -2.57. The molecular weight excluding hydrogens is 314 g/mol. The fourth-order valence-electron chi connectivity index (χ4n) is 1.94. The Hall–Kier alpha value is -0.323. The van der Waals surface area contributed by atoms with E-state index in [0.29, 0.717) is 13.2 Å². The van der Waals surface area contributed by atoms with Crippen LogP contribution in [0.4, 0.5) is 0 Å². The Kier molecular flexibility index (Phi) is 5.97. The number of hydrogen-bond donors (Lipinski definition) is 0. The van der Waals surface area contributed by atoms with Crippen LogP contribution in [0.3, 0.4) is 0 Å². The molecule has 0 N–H and O–H groups in total. The third-order valence-corrected chi connectivity index (χ3v) is 10.1. The topological polar surface area (TPSA) is 51.5 Å². The third kappa shape index (κ3) is 4.36. The molecular formula is C16H29NO3SSi. The van der Waals surface area contributed by atoms with Gasteiger partial charge in [0.25, 0.3) is 0 Å². The monoisotopic (exact) mass is 343 g/mol. The number of hydrogen-bond acceptors (Lipinski definition) is 5. The quantitative estimate of drug-likeness (QED) is 0.423. The first-order valence-electron chi connectivity index (χ1n) is 7.55. The molecule has 22 heavy (non-hydrogen) atoms. The summed E-state index contributed by atoms with van der Waals surface area (Å²) < 4.78 is 17.5. The lowest BCUT2D eigenvalue weighted by atomic mass is 10.0. The van der Waals surface area contributed by atoms with Crippen LogP contribution < -0.4 is 0 Å². The van der Waals surface area contributed by atoms with Gasteiger partial charge in [-0.15, -0.1) is 6.58 Å². The van der Waals surface area contributed by atoms with Crippen molar-refractivity contribution in [2.45, 2.75) is 69.4 Å². The van der Waals surface area contributed by atoms with Gasteiger partial charge in [-0.1, -0.05) is 26.8 Å². The van der Waals surface area contributed by atoms with E-state index < -0.39 is 18.9 Å². The number of nitrogens with zero attached hydrogens (tertiary/aromatic N) is 1. The van der Waals surface area contributed by atoms with E-state index in [1.165, 1.54) is 0 Å². The van der Waals surface area contributed by atoms with E-state index in [-0.39, 0.29) is 11.1 Å². The van der Waals surface area contributed by atoms with Crippen molar-refractivity contribution in [3.63, 3.8) is 0 Å². The van der Waals surface area contributed by atoms with Crippen LogP contribution in [0.5, 0.6) is 0 Å². The van der Waals surface area contributed by atoms with Gasteiger partial charge in [0, 0.05) is 0 Å². The van der Waals surface area contributed by atoms with Gasteiger partial charge in [0.1, 0.15) is 11.5 Å². The van der Waals surface area contributed by atoms with E-state index in [0.717, 1.165) is 11.8 Å². The molecule has 0 aromatic rings. The zero-order valence-corrected chi connectivity index (χ0v) is 16.7. The number of thioether (sulfide) groups is 1. The summed E-state index contributed by atoms with van der Waals surface area (Å²) >= 11 is 1.14. The summed E-state index contributed by atoms with van der Waals surface area (Å²) in [5.41, 5.74) is 0. The minimum atomic E-state index is -1.88. The van der Waals surface area contributed by atoms with Crippen molar-refractivity contribution in [1.82, 2.24) is 0 Å². The van der Waals surface area contributed by atoms with Crippen LogP contribution in [0.2, 0.25) is 18.1 Å². The Morgan fingerprint density at radius 3 is 2.50 bits per heavy atom. The molecule has 1 aliphatic rings.